The molecule has 0 saturated carbocycles. The second-order valence-corrected chi connectivity index (χ2v) is 5.46. The van der Waals surface area contributed by atoms with Crippen molar-refractivity contribution in [2.45, 2.75) is 31.3 Å². The summed E-state index contributed by atoms with van der Waals surface area (Å²) in [6.45, 7) is 1.64. The van der Waals surface area contributed by atoms with Crippen LogP contribution in [0.4, 0.5) is 0 Å². The number of nitrogens with one attached hydrogen (secondary N) is 1. The maximum atomic E-state index is 12.4. The lowest BCUT2D eigenvalue weighted by molar-refractivity contribution is -0.141. The van der Waals surface area contributed by atoms with Crippen LogP contribution in [0.25, 0.3) is 0 Å². The highest BCUT2D eigenvalue weighted by Gasteiger charge is 2.35. The SMILES string of the molecule is O=C(O)C1CN(C(=O)[C@H]2CCCN2)Cc2ccccc21. The monoisotopic (exact) mass is 274 g/mol. The Labute approximate surface area is 117 Å². The Kier molecular flexibility index (Phi) is 3.44. The summed E-state index contributed by atoms with van der Waals surface area (Å²) in [5.41, 5.74) is 1.78. The Morgan fingerprint density at radius 1 is 1.30 bits per heavy atom. The van der Waals surface area contributed by atoms with Crippen molar-refractivity contribution in [1.82, 2.24) is 10.2 Å². The smallest absolute Gasteiger partial charge is 0.312 e. The number of hydrogen-bond donors (Lipinski definition) is 2. The molecule has 0 aromatic heterocycles. The molecule has 1 unspecified atom stereocenters. The lowest BCUT2D eigenvalue weighted by atomic mass is 9.89. The van der Waals surface area contributed by atoms with Crippen LogP contribution in [0.5, 0.6) is 0 Å². The van der Waals surface area contributed by atoms with Gasteiger partial charge in [-0.05, 0) is 30.5 Å². The first-order valence-corrected chi connectivity index (χ1v) is 6.99. The molecule has 0 spiro atoms. The molecule has 2 aliphatic heterocycles. The van der Waals surface area contributed by atoms with E-state index in [2.05, 4.69) is 5.32 Å². The van der Waals surface area contributed by atoms with E-state index in [0.29, 0.717) is 6.54 Å². The first-order valence-electron chi connectivity index (χ1n) is 6.99. The molecule has 5 heteroatoms. The zero-order valence-electron chi connectivity index (χ0n) is 11.2. The summed E-state index contributed by atoms with van der Waals surface area (Å²) in [6.07, 6.45) is 1.85. The van der Waals surface area contributed by atoms with Crippen molar-refractivity contribution in [2.24, 2.45) is 0 Å². The van der Waals surface area contributed by atoms with Gasteiger partial charge in [0.05, 0.1) is 12.0 Å². The molecule has 5 nitrogen and oxygen atoms in total. The van der Waals surface area contributed by atoms with Gasteiger partial charge in [0.2, 0.25) is 5.91 Å². The largest absolute Gasteiger partial charge is 0.481 e. The van der Waals surface area contributed by atoms with Gasteiger partial charge in [-0.3, -0.25) is 9.59 Å². The zero-order valence-corrected chi connectivity index (χ0v) is 11.2. The molecular weight excluding hydrogens is 256 g/mol. The maximum absolute atomic E-state index is 12.4. The predicted molar refractivity (Wildman–Crippen MR) is 73.3 cm³/mol. The van der Waals surface area contributed by atoms with Gasteiger partial charge in [0.25, 0.3) is 0 Å². The molecule has 1 amide bonds. The van der Waals surface area contributed by atoms with E-state index in [0.717, 1.165) is 30.5 Å². The number of benzene rings is 1. The number of carbonyl (C=O) groups excluding carboxylic acids is 1. The van der Waals surface area contributed by atoms with E-state index in [1.54, 1.807) is 4.90 Å². The molecule has 2 heterocycles. The maximum Gasteiger partial charge on any atom is 0.312 e. The van der Waals surface area contributed by atoms with Gasteiger partial charge in [0.15, 0.2) is 0 Å². The first kappa shape index (κ1) is 13.1. The lowest BCUT2D eigenvalue weighted by Crippen LogP contribution is -2.47. The lowest BCUT2D eigenvalue weighted by Gasteiger charge is -2.34. The van der Waals surface area contributed by atoms with E-state index in [-0.39, 0.29) is 18.5 Å². The number of fused-ring (bicyclic) bond motifs is 1. The van der Waals surface area contributed by atoms with Crippen LogP contribution in [0, 0.1) is 0 Å². The van der Waals surface area contributed by atoms with E-state index in [1.807, 2.05) is 24.3 Å². The number of amides is 1. The van der Waals surface area contributed by atoms with Gasteiger partial charge in [-0.25, -0.2) is 0 Å². The van der Waals surface area contributed by atoms with E-state index in [4.69, 9.17) is 0 Å². The van der Waals surface area contributed by atoms with Crippen LogP contribution in [0.1, 0.15) is 29.9 Å². The highest BCUT2D eigenvalue weighted by atomic mass is 16.4. The fraction of sp³-hybridized carbons (Fsp3) is 0.467. The fourth-order valence-electron chi connectivity index (χ4n) is 3.10. The number of rotatable bonds is 2. The van der Waals surface area contributed by atoms with E-state index < -0.39 is 11.9 Å². The van der Waals surface area contributed by atoms with Gasteiger partial charge >= 0.3 is 5.97 Å². The third kappa shape index (κ3) is 2.29. The Hall–Kier alpha value is -1.88. The standard InChI is InChI=1S/C15H18N2O3/c18-14(13-6-3-7-16-13)17-8-10-4-1-2-5-11(10)12(9-17)15(19)20/h1-2,4-5,12-13,16H,3,6-9H2,(H,19,20)/t12?,13-/m1/s1. The molecule has 1 aromatic rings. The molecule has 2 N–H and O–H groups in total. The summed E-state index contributed by atoms with van der Waals surface area (Å²) in [5.74, 6) is -1.46. The quantitative estimate of drug-likeness (QED) is 0.842. The van der Waals surface area contributed by atoms with Crippen molar-refractivity contribution >= 4 is 11.9 Å². The van der Waals surface area contributed by atoms with Crippen molar-refractivity contribution < 1.29 is 14.7 Å². The summed E-state index contributed by atoms with van der Waals surface area (Å²) < 4.78 is 0. The highest BCUT2D eigenvalue weighted by Crippen LogP contribution is 2.29. The number of hydrogen-bond acceptors (Lipinski definition) is 3. The van der Waals surface area contributed by atoms with Crippen LogP contribution in [-0.2, 0) is 16.1 Å². The van der Waals surface area contributed by atoms with Gasteiger partial charge < -0.3 is 15.3 Å². The second-order valence-electron chi connectivity index (χ2n) is 5.46. The van der Waals surface area contributed by atoms with Crippen molar-refractivity contribution in [3.63, 3.8) is 0 Å². The number of nitrogens with zero attached hydrogens (tertiary/aromatic N) is 1. The Balaban J connectivity index is 1.86. The fourth-order valence-corrected chi connectivity index (χ4v) is 3.10. The van der Waals surface area contributed by atoms with E-state index in [1.165, 1.54) is 0 Å². The first-order chi connectivity index (χ1) is 9.66. The molecule has 1 saturated heterocycles. The molecular formula is C15H18N2O3. The van der Waals surface area contributed by atoms with Crippen molar-refractivity contribution in [1.29, 1.82) is 0 Å². The average Bonchev–Trinajstić information content (AvgIpc) is 2.99. The summed E-state index contributed by atoms with van der Waals surface area (Å²) >= 11 is 0. The predicted octanol–water partition coefficient (Wildman–Crippen LogP) is 0.949. The number of aliphatic carboxylic acids is 1. The van der Waals surface area contributed by atoms with Crippen molar-refractivity contribution in [2.75, 3.05) is 13.1 Å². The third-order valence-electron chi connectivity index (χ3n) is 4.16. The average molecular weight is 274 g/mol. The molecule has 0 bridgehead atoms. The molecule has 0 aliphatic carbocycles. The summed E-state index contributed by atoms with van der Waals surface area (Å²) in [7, 11) is 0. The topological polar surface area (TPSA) is 69.6 Å². The highest BCUT2D eigenvalue weighted by molar-refractivity contribution is 5.85. The van der Waals surface area contributed by atoms with Gasteiger partial charge in [0, 0.05) is 13.1 Å². The number of carboxylic acid groups (broad SMARTS) is 1. The van der Waals surface area contributed by atoms with Crippen molar-refractivity contribution in [3.05, 3.63) is 35.4 Å². The molecule has 3 rings (SSSR count). The number of carbonyl (C=O) groups is 2. The van der Waals surface area contributed by atoms with E-state index in [9.17, 15) is 14.7 Å². The molecule has 0 radical (unpaired) electrons. The van der Waals surface area contributed by atoms with Crippen LogP contribution in [0.3, 0.4) is 0 Å². The van der Waals surface area contributed by atoms with Gasteiger partial charge in [0.1, 0.15) is 0 Å². The second kappa shape index (κ2) is 5.25. The molecule has 106 valence electrons. The minimum absolute atomic E-state index is 0.0308. The molecule has 1 aromatic carbocycles. The summed E-state index contributed by atoms with van der Waals surface area (Å²) in [4.78, 5) is 25.6. The Bertz CT molecular complexity index is 538. The Morgan fingerprint density at radius 2 is 2.10 bits per heavy atom. The van der Waals surface area contributed by atoms with Crippen molar-refractivity contribution in [3.8, 4) is 0 Å². The molecule has 2 aliphatic rings. The molecule has 20 heavy (non-hydrogen) atoms. The van der Waals surface area contributed by atoms with Crippen LogP contribution in [0.15, 0.2) is 24.3 Å². The van der Waals surface area contributed by atoms with Gasteiger partial charge in [-0.2, -0.15) is 0 Å². The normalized spacial score (nSPS) is 25.3. The number of carboxylic acids is 1. The van der Waals surface area contributed by atoms with Crippen LogP contribution in [-0.4, -0.2) is 41.0 Å². The Morgan fingerprint density at radius 3 is 2.80 bits per heavy atom. The van der Waals surface area contributed by atoms with Crippen LogP contribution >= 0.6 is 0 Å². The zero-order chi connectivity index (χ0) is 14.1. The van der Waals surface area contributed by atoms with Crippen LogP contribution < -0.4 is 5.32 Å². The third-order valence-corrected chi connectivity index (χ3v) is 4.16. The van der Waals surface area contributed by atoms with Crippen LogP contribution in [0.2, 0.25) is 0 Å². The minimum atomic E-state index is -0.866. The molecule has 2 atom stereocenters. The van der Waals surface area contributed by atoms with Gasteiger partial charge in [-0.1, -0.05) is 24.3 Å². The minimum Gasteiger partial charge on any atom is -0.481 e. The van der Waals surface area contributed by atoms with Gasteiger partial charge in [-0.15, -0.1) is 0 Å². The molecule has 1 fully saturated rings. The summed E-state index contributed by atoms with van der Waals surface area (Å²) in [5, 5.41) is 12.6. The van der Waals surface area contributed by atoms with E-state index >= 15 is 0 Å². The summed E-state index contributed by atoms with van der Waals surface area (Å²) in [6, 6.07) is 7.36.